The molecule has 0 saturated carbocycles. The lowest BCUT2D eigenvalue weighted by Gasteiger charge is -2.09. The molecular formula is C16H13BrN2O2. The van der Waals surface area contributed by atoms with Crippen molar-refractivity contribution in [1.29, 1.82) is 0 Å². The predicted molar refractivity (Wildman–Crippen MR) is 86.8 cm³/mol. The number of nitrogen functional groups attached to an aromatic ring is 1. The first-order valence-corrected chi connectivity index (χ1v) is 7.15. The Balaban J connectivity index is 2.20. The van der Waals surface area contributed by atoms with Gasteiger partial charge in [-0.2, -0.15) is 0 Å². The van der Waals surface area contributed by atoms with Gasteiger partial charge < -0.3 is 15.5 Å². The molecule has 0 aliphatic rings. The normalized spacial score (nSPS) is 10.8. The first-order valence-electron chi connectivity index (χ1n) is 6.35. The van der Waals surface area contributed by atoms with Crippen molar-refractivity contribution >= 4 is 38.3 Å². The van der Waals surface area contributed by atoms with E-state index in [0.717, 1.165) is 15.4 Å². The highest BCUT2D eigenvalue weighted by Gasteiger charge is 2.20. The van der Waals surface area contributed by atoms with Gasteiger partial charge in [0.25, 0.3) is 0 Å². The quantitative estimate of drug-likeness (QED) is 0.561. The zero-order valence-corrected chi connectivity index (χ0v) is 12.9. The molecule has 0 amide bonds. The number of halogens is 1. The Kier molecular flexibility index (Phi) is 3.43. The third-order valence-corrected chi connectivity index (χ3v) is 3.89. The van der Waals surface area contributed by atoms with E-state index in [1.54, 1.807) is 24.4 Å². The van der Waals surface area contributed by atoms with E-state index in [4.69, 9.17) is 10.5 Å². The Hall–Kier alpha value is -2.27. The van der Waals surface area contributed by atoms with Gasteiger partial charge in [0.1, 0.15) is 5.75 Å². The van der Waals surface area contributed by atoms with Gasteiger partial charge in [-0.05, 0) is 30.3 Å². The summed E-state index contributed by atoms with van der Waals surface area (Å²) in [6.07, 6.45) is 1.70. The Labute approximate surface area is 130 Å². The summed E-state index contributed by atoms with van der Waals surface area (Å²) in [6, 6.07) is 10.9. The largest absolute Gasteiger partial charge is 0.496 e. The van der Waals surface area contributed by atoms with E-state index in [1.807, 2.05) is 18.2 Å². The van der Waals surface area contributed by atoms with Gasteiger partial charge in [0, 0.05) is 32.8 Å². The van der Waals surface area contributed by atoms with E-state index in [2.05, 4.69) is 20.9 Å². The minimum atomic E-state index is -0.158. The molecule has 0 atom stereocenters. The minimum absolute atomic E-state index is 0.158. The molecule has 0 bridgehead atoms. The van der Waals surface area contributed by atoms with Gasteiger partial charge in [-0.3, -0.25) is 4.79 Å². The van der Waals surface area contributed by atoms with E-state index in [1.165, 1.54) is 7.11 Å². The van der Waals surface area contributed by atoms with Crippen LogP contribution in [0, 0.1) is 0 Å². The first kappa shape index (κ1) is 13.7. The van der Waals surface area contributed by atoms with E-state index >= 15 is 0 Å². The zero-order valence-electron chi connectivity index (χ0n) is 11.3. The third kappa shape index (κ3) is 2.29. The first-order chi connectivity index (χ1) is 10.1. The van der Waals surface area contributed by atoms with Gasteiger partial charge in [-0.25, -0.2) is 0 Å². The Morgan fingerprint density at radius 1 is 1.29 bits per heavy atom. The number of aromatic amines is 1. The fourth-order valence-corrected chi connectivity index (χ4v) is 2.74. The SMILES string of the molecule is COc1cccc(N)c1C(=O)c1c[nH]c2ccc(Br)cc12. The maximum atomic E-state index is 12.8. The Bertz CT molecular complexity index is 839. The monoisotopic (exact) mass is 344 g/mol. The number of ether oxygens (including phenoxy) is 1. The van der Waals surface area contributed by atoms with Gasteiger partial charge in [-0.1, -0.05) is 22.0 Å². The topological polar surface area (TPSA) is 68.1 Å². The molecule has 0 spiro atoms. The van der Waals surface area contributed by atoms with Gasteiger partial charge >= 0.3 is 0 Å². The number of methoxy groups -OCH3 is 1. The molecule has 0 aliphatic heterocycles. The number of hydrogen-bond acceptors (Lipinski definition) is 3. The van der Waals surface area contributed by atoms with Crippen molar-refractivity contribution in [3.05, 3.63) is 58.2 Å². The summed E-state index contributed by atoms with van der Waals surface area (Å²) in [5, 5.41) is 0.847. The molecule has 0 radical (unpaired) electrons. The van der Waals surface area contributed by atoms with E-state index < -0.39 is 0 Å². The fraction of sp³-hybridized carbons (Fsp3) is 0.0625. The number of hydrogen-bond donors (Lipinski definition) is 2. The lowest BCUT2D eigenvalue weighted by molar-refractivity contribution is 0.103. The molecule has 0 saturated heterocycles. The highest BCUT2D eigenvalue weighted by Crippen LogP contribution is 2.30. The summed E-state index contributed by atoms with van der Waals surface area (Å²) in [5.74, 6) is 0.318. The summed E-state index contributed by atoms with van der Waals surface area (Å²) in [4.78, 5) is 15.9. The Morgan fingerprint density at radius 3 is 2.86 bits per heavy atom. The summed E-state index contributed by atoms with van der Waals surface area (Å²) in [5.41, 5.74) is 8.22. The van der Waals surface area contributed by atoms with Crippen LogP contribution in [0.3, 0.4) is 0 Å². The standard InChI is InChI=1S/C16H13BrN2O2/c1-21-14-4-2-3-12(18)15(14)16(20)11-8-19-13-6-5-9(17)7-10(11)13/h2-8,19H,18H2,1H3. The van der Waals surface area contributed by atoms with Crippen LogP contribution in [0.1, 0.15) is 15.9 Å². The van der Waals surface area contributed by atoms with Crippen molar-refractivity contribution < 1.29 is 9.53 Å². The summed E-state index contributed by atoms with van der Waals surface area (Å²) < 4.78 is 6.17. The van der Waals surface area contributed by atoms with Crippen molar-refractivity contribution in [3.63, 3.8) is 0 Å². The summed E-state index contributed by atoms with van der Waals surface area (Å²) >= 11 is 3.42. The van der Waals surface area contributed by atoms with E-state index in [9.17, 15) is 4.79 Å². The molecule has 2 aromatic carbocycles. The highest BCUT2D eigenvalue weighted by molar-refractivity contribution is 9.10. The van der Waals surface area contributed by atoms with Crippen molar-refractivity contribution in [2.45, 2.75) is 0 Å². The third-order valence-electron chi connectivity index (χ3n) is 3.39. The number of fused-ring (bicyclic) bond motifs is 1. The van der Waals surface area contributed by atoms with E-state index in [0.29, 0.717) is 22.6 Å². The van der Waals surface area contributed by atoms with Crippen LogP contribution in [0.25, 0.3) is 10.9 Å². The van der Waals surface area contributed by atoms with Crippen LogP contribution < -0.4 is 10.5 Å². The van der Waals surface area contributed by atoms with Crippen LogP contribution in [0.15, 0.2) is 47.1 Å². The number of benzene rings is 2. The average molecular weight is 345 g/mol. The lowest BCUT2D eigenvalue weighted by atomic mass is 10.0. The number of carbonyl (C=O) groups is 1. The lowest BCUT2D eigenvalue weighted by Crippen LogP contribution is -2.07. The minimum Gasteiger partial charge on any atom is -0.496 e. The van der Waals surface area contributed by atoms with Crippen LogP contribution in [0.4, 0.5) is 5.69 Å². The van der Waals surface area contributed by atoms with Crippen LogP contribution in [0.2, 0.25) is 0 Å². The van der Waals surface area contributed by atoms with Gasteiger partial charge in [0.15, 0.2) is 0 Å². The smallest absolute Gasteiger partial charge is 0.200 e. The molecular weight excluding hydrogens is 332 g/mol. The van der Waals surface area contributed by atoms with E-state index in [-0.39, 0.29) is 5.78 Å². The molecule has 3 rings (SSSR count). The zero-order chi connectivity index (χ0) is 15.0. The molecule has 0 aliphatic carbocycles. The van der Waals surface area contributed by atoms with Gasteiger partial charge in [0.05, 0.1) is 12.7 Å². The molecule has 1 aromatic heterocycles. The fourth-order valence-electron chi connectivity index (χ4n) is 2.38. The molecule has 0 fully saturated rings. The van der Waals surface area contributed by atoms with Crippen LogP contribution in [-0.2, 0) is 0 Å². The number of nitrogens with two attached hydrogens (primary N) is 1. The molecule has 1 heterocycles. The summed E-state index contributed by atoms with van der Waals surface area (Å²) in [6.45, 7) is 0. The van der Waals surface area contributed by atoms with Crippen molar-refractivity contribution in [2.75, 3.05) is 12.8 Å². The maximum Gasteiger partial charge on any atom is 0.200 e. The molecule has 21 heavy (non-hydrogen) atoms. The van der Waals surface area contributed by atoms with Crippen LogP contribution >= 0.6 is 15.9 Å². The second kappa shape index (κ2) is 5.26. The van der Waals surface area contributed by atoms with Crippen molar-refractivity contribution in [1.82, 2.24) is 4.98 Å². The van der Waals surface area contributed by atoms with Crippen molar-refractivity contribution in [2.24, 2.45) is 0 Å². The summed E-state index contributed by atoms with van der Waals surface area (Å²) in [7, 11) is 1.53. The highest BCUT2D eigenvalue weighted by atomic mass is 79.9. The van der Waals surface area contributed by atoms with Crippen LogP contribution in [0.5, 0.6) is 5.75 Å². The number of rotatable bonds is 3. The van der Waals surface area contributed by atoms with Gasteiger partial charge in [-0.15, -0.1) is 0 Å². The van der Waals surface area contributed by atoms with Gasteiger partial charge in [0.2, 0.25) is 5.78 Å². The molecule has 4 nitrogen and oxygen atoms in total. The molecule has 106 valence electrons. The number of H-pyrrole nitrogens is 1. The average Bonchev–Trinajstić information content (AvgIpc) is 2.89. The predicted octanol–water partition coefficient (Wildman–Crippen LogP) is 3.75. The molecule has 3 aromatic rings. The van der Waals surface area contributed by atoms with Crippen LogP contribution in [-0.4, -0.2) is 17.9 Å². The molecule has 0 unspecified atom stereocenters. The number of anilines is 1. The number of carbonyl (C=O) groups excluding carboxylic acids is 1. The molecule has 3 N–H and O–H groups in total. The maximum absolute atomic E-state index is 12.8. The number of aromatic nitrogens is 1. The second-order valence-corrected chi connectivity index (χ2v) is 5.56. The molecule has 5 heteroatoms. The second-order valence-electron chi connectivity index (χ2n) is 4.65. The van der Waals surface area contributed by atoms with Crippen molar-refractivity contribution in [3.8, 4) is 5.75 Å². The number of nitrogens with one attached hydrogen (secondary N) is 1. The Morgan fingerprint density at radius 2 is 2.10 bits per heavy atom. The number of ketones is 1.